The molecule has 1 unspecified atom stereocenters. The first-order valence-electron chi connectivity index (χ1n) is 7.76. The topological polar surface area (TPSA) is 72.5 Å². The maximum Gasteiger partial charge on any atom is 0.245 e. The first-order chi connectivity index (χ1) is 11.8. The van der Waals surface area contributed by atoms with Crippen molar-refractivity contribution in [2.75, 3.05) is 7.11 Å². The van der Waals surface area contributed by atoms with Crippen molar-refractivity contribution in [3.05, 3.63) is 71.1 Å². The highest BCUT2D eigenvalue weighted by Gasteiger charge is 2.12. The normalized spacial score (nSPS) is 12.8. The second-order valence-corrected chi connectivity index (χ2v) is 7.50. The molecule has 0 aliphatic heterocycles. The van der Waals surface area contributed by atoms with E-state index in [0.717, 1.165) is 28.4 Å². The van der Waals surface area contributed by atoms with Gasteiger partial charge in [-0.05, 0) is 43.7 Å². The van der Waals surface area contributed by atoms with Crippen LogP contribution in [0.2, 0.25) is 0 Å². The molecule has 1 atom stereocenters. The van der Waals surface area contributed by atoms with Gasteiger partial charge < -0.3 is 10.1 Å². The zero-order valence-electron chi connectivity index (χ0n) is 14.4. The Balaban J connectivity index is 2.02. The number of amides is 1. The Labute approximate surface area is 148 Å². The van der Waals surface area contributed by atoms with Crippen LogP contribution in [-0.4, -0.2) is 21.4 Å². The molecule has 0 saturated carbocycles. The summed E-state index contributed by atoms with van der Waals surface area (Å²) in [4.78, 5) is 12.2. The summed E-state index contributed by atoms with van der Waals surface area (Å²) < 4.78 is 29.5. The third kappa shape index (κ3) is 5.19. The van der Waals surface area contributed by atoms with Crippen LogP contribution < -0.4 is 10.1 Å². The van der Waals surface area contributed by atoms with Crippen molar-refractivity contribution in [3.63, 3.8) is 0 Å². The van der Waals surface area contributed by atoms with Gasteiger partial charge in [0.25, 0.3) is 0 Å². The molecule has 6 heteroatoms. The predicted molar refractivity (Wildman–Crippen MR) is 97.1 cm³/mol. The Morgan fingerprint density at radius 2 is 1.68 bits per heavy atom. The van der Waals surface area contributed by atoms with Crippen LogP contribution in [0.5, 0.6) is 5.75 Å². The van der Waals surface area contributed by atoms with Crippen LogP contribution in [0.15, 0.2) is 64.9 Å². The number of carbonyl (C=O) groups excluding carboxylic acids is 1. The smallest absolute Gasteiger partial charge is 0.245 e. The van der Waals surface area contributed by atoms with Gasteiger partial charge in [-0.1, -0.05) is 29.8 Å². The largest absolute Gasteiger partial charge is 0.497 e. The van der Waals surface area contributed by atoms with Gasteiger partial charge in [0.15, 0.2) is 9.84 Å². The van der Waals surface area contributed by atoms with Crippen LogP contribution in [0.3, 0.4) is 0 Å². The summed E-state index contributed by atoms with van der Waals surface area (Å²) in [5.41, 5.74) is 1.86. The van der Waals surface area contributed by atoms with E-state index >= 15 is 0 Å². The third-order valence-corrected chi connectivity index (χ3v) is 5.15. The van der Waals surface area contributed by atoms with E-state index < -0.39 is 15.7 Å². The van der Waals surface area contributed by atoms with E-state index in [9.17, 15) is 13.2 Å². The minimum atomic E-state index is -3.64. The molecular weight excluding hydrogens is 338 g/mol. The summed E-state index contributed by atoms with van der Waals surface area (Å²) >= 11 is 0. The molecule has 0 spiro atoms. The molecule has 0 bridgehead atoms. The van der Waals surface area contributed by atoms with Gasteiger partial charge in [-0.2, -0.15) is 0 Å². The Bertz CT molecular complexity index is 853. The molecule has 0 heterocycles. The molecule has 25 heavy (non-hydrogen) atoms. The van der Waals surface area contributed by atoms with E-state index in [0.29, 0.717) is 0 Å². The standard InChI is InChI=1S/C19H21NO4S/c1-14-4-10-18(11-5-14)25(22,23)13-12-19(21)20-15(2)16-6-8-17(24-3)9-7-16/h4-13,15H,1-3H3,(H,20,21)/b13-12+. The van der Waals surface area contributed by atoms with Crippen LogP contribution in [-0.2, 0) is 14.6 Å². The Morgan fingerprint density at radius 3 is 2.24 bits per heavy atom. The molecule has 2 aromatic carbocycles. The molecule has 0 saturated heterocycles. The molecule has 2 rings (SSSR count). The average molecular weight is 359 g/mol. The van der Waals surface area contributed by atoms with Gasteiger partial charge in [0.1, 0.15) is 5.75 Å². The van der Waals surface area contributed by atoms with E-state index in [-0.39, 0.29) is 10.9 Å². The van der Waals surface area contributed by atoms with Gasteiger partial charge in [-0.15, -0.1) is 0 Å². The number of benzene rings is 2. The highest BCUT2D eigenvalue weighted by molar-refractivity contribution is 7.94. The summed E-state index contributed by atoms with van der Waals surface area (Å²) in [6, 6.07) is 13.5. The maximum atomic E-state index is 12.2. The van der Waals surface area contributed by atoms with Gasteiger partial charge in [0.2, 0.25) is 5.91 Å². The van der Waals surface area contributed by atoms with E-state index in [1.165, 1.54) is 12.1 Å². The van der Waals surface area contributed by atoms with Crippen molar-refractivity contribution >= 4 is 15.7 Å². The van der Waals surface area contributed by atoms with Crippen molar-refractivity contribution in [1.82, 2.24) is 5.32 Å². The van der Waals surface area contributed by atoms with E-state index in [1.54, 1.807) is 31.4 Å². The lowest BCUT2D eigenvalue weighted by Crippen LogP contribution is -2.24. The molecule has 132 valence electrons. The third-order valence-electron chi connectivity index (χ3n) is 3.72. The molecule has 1 amide bonds. The zero-order valence-corrected chi connectivity index (χ0v) is 15.2. The van der Waals surface area contributed by atoms with Gasteiger partial charge in [0, 0.05) is 11.5 Å². The Morgan fingerprint density at radius 1 is 1.08 bits per heavy atom. The molecule has 0 radical (unpaired) electrons. The molecule has 2 aromatic rings. The van der Waals surface area contributed by atoms with Crippen LogP contribution >= 0.6 is 0 Å². The number of hydrogen-bond acceptors (Lipinski definition) is 4. The fourth-order valence-electron chi connectivity index (χ4n) is 2.20. The number of rotatable bonds is 6. The number of methoxy groups -OCH3 is 1. The highest BCUT2D eigenvalue weighted by atomic mass is 32.2. The lowest BCUT2D eigenvalue weighted by atomic mass is 10.1. The fraction of sp³-hybridized carbons (Fsp3) is 0.211. The molecular formula is C19H21NO4S. The molecule has 0 fully saturated rings. The summed E-state index contributed by atoms with van der Waals surface area (Å²) in [5, 5.41) is 3.66. The number of carbonyl (C=O) groups is 1. The number of ether oxygens (including phenoxy) is 1. The summed E-state index contributed by atoms with van der Waals surface area (Å²) in [5.74, 6) is 0.255. The van der Waals surface area contributed by atoms with Gasteiger partial charge in [-0.25, -0.2) is 8.42 Å². The average Bonchev–Trinajstić information content (AvgIpc) is 2.60. The second-order valence-electron chi connectivity index (χ2n) is 5.66. The van der Waals surface area contributed by atoms with Crippen molar-refractivity contribution in [3.8, 4) is 5.75 Å². The summed E-state index contributed by atoms with van der Waals surface area (Å²) in [6.07, 6.45) is 1.04. The van der Waals surface area contributed by atoms with Crippen LogP contribution in [0.25, 0.3) is 0 Å². The number of nitrogens with one attached hydrogen (secondary N) is 1. The van der Waals surface area contributed by atoms with Gasteiger partial charge in [-0.3, -0.25) is 4.79 Å². The van der Waals surface area contributed by atoms with Gasteiger partial charge >= 0.3 is 0 Å². The first-order valence-corrected chi connectivity index (χ1v) is 9.31. The van der Waals surface area contributed by atoms with E-state index in [2.05, 4.69) is 5.32 Å². The van der Waals surface area contributed by atoms with E-state index in [1.807, 2.05) is 26.0 Å². The van der Waals surface area contributed by atoms with Crippen molar-refractivity contribution < 1.29 is 17.9 Å². The quantitative estimate of drug-likeness (QED) is 0.804. The lowest BCUT2D eigenvalue weighted by molar-refractivity contribution is -0.117. The summed E-state index contributed by atoms with van der Waals surface area (Å²) in [6.45, 7) is 3.70. The minimum absolute atomic E-state index is 0.158. The predicted octanol–water partition coefficient (Wildman–Crippen LogP) is 3.17. The number of hydrogen-bond donors (Lipinski definition) is 1. The molecule has 0 aliphatic rings. The van der Waals surface area contributed by atoms with Crippen LogP contribution in [0, 0.1) is 6.92 Å². The summed E-state index contributed by atoms with van der Waals surface area (Å²) in [7, 11) is -2.06. The van der Waals surface area contributed by atoms with Crippen LogP contribution in [0.1, 0.15) is 24.1 Å². The van der Waals surface area contributed by atoms with Crippen molar-refractivity contribution in [1.29, 1.82) is 0 Å². The maximum absolute atomic E-state index is 12.2. The molecule has 0 aliphatic carbocycles. The SMILES string of the molecule is COc1ccc(C(C)NC(=O)/C=C/S(=O)(=O)c2ccc(C)cc2)cc1. The second kappa shape index (κ2) is 7.98. The van der Waals surface area contributed by atoms with Crippen molar-refractivity contribution in [2.45, 2.75) is 24.8 Å². The monoisotopic (exact) mass is 359 g/mol. The lowest BCUT2D eigenvalue weighted by Gasteiger charge is -2.13. The highest BCUT2D eigenvalue weighted by Crippen LogP contribution is 2.17. The zero-order chi connectivity index (χ0) is 18.4. The number of aryl methyl sites for hydroxylation is 1. The minimum Gasteiger partial charge on any atom is -0.497 e. The van der Waals surface area contributed by atoms with Crippen LogP contribution in [0.4, 0.5) is 0 Å². The van der Waals surface area contributed by atoms with Gasteiger partial charge in [0.05, 0.1) is 18.0 Å². The molecule has 1 N–H and O–H groups in total. The molecule has 0 aromatic heterocycles. The Hall–Kier alpha value is -2.60. The van der Waals surface area contributed by atoms with Crippen molar-refractivity contribution in [2.24, 2.45) is 0 Å². The van der Waals surface area contributed by atoms with E-state index in [4.69, 9.17) is 4.74 Å². The first kappa shape index (κ1) is 18.7. The Kier molecular flexibility index (Phi) is 5.98. The number of sulfone groups is 1. The molecule has 5 nitrogen and oxygen atoms in total. The fourth-order valence-corrected chi connectivity index (χ4v) is 3.17.